The van der Waals surface area contributed by atoms with Gasteiger partial charge in [0.15, 0.2) is 10.8 Å². The minimum absolute atomic E-state index is 0.00509. The Morgan fingerprint density at radius 2 is 1.86 bits per heavy atom. The summed E-state index contributed by atoms with van der Waals surface area (Å²) in [5, 5.41) is 6.76. The van der Waals surface area contributed by atoms with Crippen molar-refractivity contribution < 1.29 is 18.0 Å². The van der Waals surface area contributed by atoms with E-state index >= 15 is 0 Å². The highest BCUT2D eigenvalue weighted by atomic mass is 32.1. The lowest BCUT2D eigenvalue weighted by molar-refractivity contribution is -0.137. The molecule has 0 radical (unpaired) electrons. The van der Waals surface area contributed by atoms with Gasteiger partial charge in [0.1, 0.15) is 0 Å². The summed E-state index contributed by atoms with van der Waals surface area (Å²) in [6.45, 7) is 5.07. The number of carbonyl (C=O) groups is 1. The molecule has 3 N–H and O–H groups in total. The summed E-state index contributed by atoms with van der Waals surface area (Å²) < 4.78 is 40.8. The molecule has 0 atom stereocenters. The Kier molecular flexibility index (Phi) is 6.39. The molecule has 11 heteroatoms. The van der Waals surface area contributed by atoms with Crippen molar-refractivity contribution in [3.05, 3.63) is 57.5 Å². The van der Waals surface area contributed by atoms with Crippen LogP contribution in [0.3, 0.4) is 0 Å². The van der Waals surface area contributed by atoms with Crippen LogP contribution in [0, 0.1) is 6.92 Å². The van der Waals surface area contributed by atoms with E-state index in [4.69, 9.17) is 12.2 Å². The monoisotopic (exact) mass is 413 g/mol. The van der Waals surface area contributed by atoms with Gasteiger partial charge in [-0.1, -0.05) is 12.1 Å². The molecule has 7 nitrogen and oxygen atoms in total. The van der Waals surface area contributed by atoms with Gasteiger partial charge in [0.05, 0.1) is 11.3 Å². The SMILES string of the molecule is Cc1cc(=O)c(C(=O)NNC(=S)NC(C)C)nn1-c1ccccc1C(F)(F)F. The van der Waals surface area contributed by atoms with E-state index in [1.807, 2.05) is 13.8 Å². The van der Waals surface area contributed by atoms with E-state index in [2.05, 4.69) is 21.3 Å². The van der Waals surface area contributed by atoms with Crippen molar-refractivity contribution in [3.63, 3.8) is 0 Å². The number of alkyl halides is 3. The second-order valence-electron chi connectivity index (χ2n) is 6.13. The zero-order chi connectivity index (χ0) is 21.1. The Bertz CT molecular complexity index is 957. The minimum atomic E-state index is -4.63. The third kappa shape index (κ3) is 5.06. The Balaban J connectivity index is 2.40. The fraction of sp³-hybridized carbons (Fsp3) is 0.294. The van der Waals surface area contributed by atoms with Gasteiger partial charge in [-0.05, 0) is 45.1 Å². The van der Waals surface area contributed by atoms with Crippen LogP contribution in [0.25, 0.3) is 5.69 Å². The van der Waals surface area contributed by atoms with Crippen LogP contribution < -0.4 is 21.6 Å². The molecule has 0 aliphatic carbocycles. The molecule has 1 amide bonds. The second-order valence-corrected chi connectivity index (χ2v) is 6.54. The number of para-hydroxylation sites is 1. The number of amides is 1. The molecule has 1 aromatic carbocycles. The molecular weight excluding hydrogens is 395 g/mol. The molecule has 0 fully saturated rings. The number of benzene rings is 1. The van der Waals surface area contributed by atoms with E-state index < -0.39 is 28.8 Å². The van der Waals surface area contributed by atoms with Crippen LogP contribution >= 0.6 is 12.2 Å². The van der Waals surface area contributed by atoms with E-state index in [-0.39, 0.29) is 22.5 Å². The fourth-order valence-corrected chi connectivity index (χ4v) is 2.60. The number of hydrogen-bond acceptors (Lipinski definition) is 4. The molecular formula is C17H18F3N5O2S. The summed E-state index contributed by atoms with van der Waals surface area (Å²) in [5.74, 6) is -0.934. The van der Waals surface area contributed by atoms with Gasteiger partial charge in [0.2, 0.25) is 5.43 Å². The fourth-order valence-electron chi connectivity index (χ4n) is 2.32. The molecule has 0 saturated heterocycles. The number of halogens is 3. The molecule has 1 aromatic heterocycles. The van der Waals surface area contributed by atoms with Crippen LogP contribution in [0.15, 0.2) is 35.1 Å². The van der Waals surface area contributed by atoms with Crippen molar-refractivity contribution in [2.24, 2.45) is 0 Å². The Hall–Kier alpha value is -2.95. The summed E-state index contributed by atoms with van der Waals surface area (Å²) in [6.07, 6.45) is -4.63. The van der Waals surface area contributed by atoms with Gasteiger partial charge in [0, 0.05) is 17.8 Å². The van der Waals surface area contributed by atoms with Crippen molar-refractivity contribution >= 4 is 23.2 Å². The van der Waals surface area contributed by atoms with Crippen LogP contribution in [0.4, 0.5) is 13.2 Å². The van der Waals surface area contributed by atoms with Crippen molar-refractivity contribution in [3.8, 4) is 5.69 Å². The van der Waals surface area contributed by atoms with E-state index in [0.717, 1.165) is 16.8 Å². The van der Waals surface area contributed by atoms with Crippen LogP contribution in [-0.2, 0) is 6.18 Å². The number of nitrogens with one attached hydrogen (secondary N) is 3. The van der Waals surface area contributed by atoms with Crippen LogP contribution in [0.5, 0.6) is 0 Å². The third-order valence-electron chi connectivity index (χ3n) is 3.47. The predicted molar refractivity (Wildman–Crippen MR) is 101 cm³/mol. The number of thiocarbonyl (C=S) groups is 1. The van der Waals surface area contributed by atoms with Gasteiger partial charge in [-0.15, -0.1) is 0 Å². The van der Waals surface area contributed by atoms with E-state index in [9.17, 15) is 22.8 Å². The number of aromatic nitrogens is 2. The first kappa shape index (κ1) is 21.4. The Labute approximate surface area is 163 Å². The van der Waals surface area contributed by atoms with Gasteiger partial charge in [-0.25, -0.2) is 4.68 Å². The Morgan fingerprint density at radius 1 is 1.21 bits per heavy atom. The molecule has 2 rings (SSSR count). The zero-order valence-electron chi connectivity index (χ0n) is 15.2. The van der Waals surface area contributed by atoms with Gasteiger partial charge >= 0.3 is 6.18 Å². The maximum Gasteiger partial charge on any atom is 0.418 e. The van der Waals surface area contributed by atoms with Gasteiger partial charge in [-0.2, -0.15) is 18.3 Å². The molecule has 28 heavy (non-hydrogen) atoms. The van der Waals surface area contributed by atoms with Crippen molar-refractivity contribution in [2.75, 3.05) is 0 Å². The van der Waals surface area contributed by atoms with Crippen molar-refractivity contribution in [1.29, 1.82) is 0 Å². The molecule has 2 aromatic rings. The second kappa shape index (κ2) is 8.38. The summed E-state index contributed by atoms with van der Waals surface area (Å²) in [7, 11) is 0. The minimum Gasteiger partial charge on any atom is -0.359 e. The lowest BCUT2D eigenvalue weighted by Crippen LogP contribution is -2.49. The largest absolute Gasteiger partial charge is 0.418 e. The van der Waals surface area contributed by atoms with Gasteiger partial charge in [0.25, 0.3) is 5.91 Å². The number of rotatable bonds is 3. The topological polar surface area (TPSA) is 88.1 Å². The lowest BCUT2D eigenvalue weighted by Gasteiger charge is -2.17. The van der Waals surface area contributed by atoms with Gasteiger partial charge in [-0.3, -0.25) is 20.4 Å². The first-order chi connectivity index (χ1) is 13.0. The highest BCUT2D eigenvalue weighted by Gasteiger charge is 2.34. The number of aryl methyl sites for hydroxylation is 1. The molecule has 0 aliphatic rings. The average Bonchev–Trinajstić information content (AvgIpc) is 2.58. The maximum absolute atomic E-state index is 13.3. The summed E-state index contributed by atoms with van der Waals surface area (Å²) >= 11 is 4.95. The average molecular weight is 413 g/mol. The summed E-state index contributed by atoms with van der Waals surface area (Å²) in [5.41, 5.74) is 2.18. The van der Waals surface area contributed by atoms with E-state index in [0.29, 0.717) is 0 Å². The maximum atomic E-state index is 13.3. The molecule has 0 saturated carbocycles. The van der Waals surface area contributed by atoms with Crippen molar-refractivity contribution in [1.82, 2.24) is 25.9 Å². The number of hydrazine groups is 1. The van der Waals surface area contributed by atoms with Crippen LogP contribution in [0.1, 0.15) is 35.6 Å². The Morgan fingerprint density at radius 3 is 2.46 bits per heavy atom. The highest BCUT2D eigenvalue weighted by Crippen LogP contribution is 2.33. The first-order valence-electron chi connectivity index (χ1n) is 8.15. The molecule has 0 bridgehead atoms. The normalized spacial score (nSPS) is 11.2. The third-order valence-corrected chi connectivity index (χ3v) is 3.69. The molecule has 0 unspecified atom stereocenters. The quantitative estimate of drug-likeness (QED) is 0.528. The number of hydrogen-bond donors (Lipinski definition) is 3. The number of carbonyl (C=O) groups excluding carboxylic acids is 1. The molecule has 0 aliphatic heterocycles. The van der Waals surface area contributed by atoms with Crippen molar-refractivity contribution in [2.45, 2.75) is 33.0 Å². The molecule has 0 spiro atoms. The van der Waals surface area contributed by atoms with Crippen LogP contribution in [-0.4, -0.2) is 26.8 Å². The zero-order valence-corrected chi connectivity index (χ0v) is 16.0. The van der Waals surface area contributed by atoms with E-state index in [1.54, 1.807) is 0 Å². The summed E-state index contributed by atoms with van der Waals surface area (Å²) in [6, 6.07) is 5.79. The highest BCUT2D eigenvalue weighted by molar-refractivity contribution is 7.80. The smallest absolute Gasteiger partial charge is 0.359 e. The standard InChI is InChI=1S/C17H18F3N5O2S/c1-9(2)21-16(28)23-22-15(27)14-13(26)8-10(3)25(24-14)12-7-5-4-6-11(12)17(18,19)20/h4-9H,1-3H3,(H,22,27)(H2,21,23,28). The predicted octanol–water partition coefficient (Wildman–Crippen LogP) is 2.08. The molecule has 150 valence electrons. The lowest BCUT2D eigenvalue weighted by atomic mass is 10.1. The number of nitrogens with zero attached hydrogens (tertiary/aromatic N) is 2. The van der Waals surface area contributed by atoms with Crippen LogP contribution in [0.2, 0.25) is 0 Å². The molecule has 1 heterocycles. The summed E-state index contributed by atoms with van der Waals surface area (Å²) in [4.78, 5) is 24.4. The van der Waals surface area contributed by atoms with Gasteiger partial charge < -0.3 is 5.32 Å². The first-order valence-corrected chi connectivity index (χ1v) is 8.56. The van der Waals surface area contributed by atoms with E-state index in [1.165, 1.54) is 25.1 Å².